The summed E-state index contributed by atoms with van der Waals surface area (Å²) in [5.41, 5.74) is 0.801. The van der Waals surface area contributed by atoms with Crippen molar-refractivity contribution in [2.75, 3.05) is 7.11 Å². The molecule has 1 heterocycles. The van der Waals surface area contributed by atoms with Gasteiger partial charge in [-0.25, -0.2) is 0 Å². The molecule has 0 radical (unpaired) electrons. The zero-order chi connectivity index (χ0) is 12.4. The van der Waals surface area contributed by atoms with Crippen LogP contribution in [0.4, 0.5) is 0 Å². The number of halogens is 1. The van der Waals surface area contributed by atoms with Gasteiger partial charge in [-0.3, -0.25) is 0 Å². The summed E-state index contributed by atoms with van der Waals surface area (Å²) in [5.74, 6) is 2.04. The summed E-state index contributed by atoms with van der Waals surface area (Å²) in [6.07, 6.45) is 0. The first-order valence-electron chi connectivity index (χ1n) is 5.29. The van der Waals surface area contributed by atoms with Crippen molar-refractivity contribution in [3.05, 3.63) is 28.6 Å². The summed E-state index contributed by atoms with van der Waals surface area (Å²) in [4.78, 5) is 0. The predicted octanol–water partition coefficient (Wildman–Crippen LogP) is 3.63. The topological polar surface area (TPSA) is 48.2 Å². The lowest BCUT2D eigenvalue weighted by Crippen LogP contribution is -1.88. The fourth-order valence-electron chi connectivity index (χ4n) is 1.42. The molecule has 17 heavy (non-hydrogen) atoms. The molecule has 0 unspecified atom stereocenters. The molecule has 4 nitrogen and oxygen atoms in total. The zero-order valence-electron chi connectivity index (χ0n) is 9.90. The fourth-order valence-corrected chi connectivity index (χ4v) is 1.76. The molecule has 0 aliphatic carbocycles. The summed E-state index contributed by atoms with van der Waals surface area (Å²) in [6, 6.07) is 5.67. The average molecular weight is 297 g/mol. The highest BCUT2D eigenvalue weighted by molar-refractivity contribution is 9.10. The normalized spacial score (nSPS) is 10.9. The van der Waals surface area contributed by atoms with Crippen LogP contribution in [0.25, 0.3) is 11.5 Å². The molecule has 2 aromatic rings. The minimum atomic E-state index is 0.220. The average Bonchev–Trinajstić information content (AvgIpc) is 2.78. The van der Waals surface area contributed by atoms with Gasteiger partial charge in [0, 0.05) is 10.4 Å². The van der Waals surface area contributed by atoms with Gasteiger partial charge in [-0.15, -0.1) is 10.2 Å². The van der Waals surface area contributed by atoms with Crippen LogP contribution in [0.1, 0.15) is 25.7 Å². The molecule has 1 aromatic carbocycles. The van der Waals surface area contributed by atoms with Crippen LogP contribution in [0.3, 0.4) is 0 Å². The molecule has 0 N–H and O–H groups in total. The van der Waals surface area contributed by atoms with Crippen LogP contribution < -0.4 is 4.74 Å². The van der Waals surface area contributed by atoms with Crippen molar-refractivity contribution < 1.29 is 9.15 Å². The predicted molar refractivity (Wildman–Crippen MR) is 68.1 cm³/mol. The van der Waals surface area contributed by atoms with Crippen LogP contribution >= 0.6 is 15.9 Å². The summed E-state index contributed by atoms with van der Waals surface area (Å²) in [5, 5.41) is 8.04. The molecule has 5 heteroatoms. The lowest BCUT2D eigenvalue weighted by Gasteiger charge is -2.05. The molecule has 0 spiro atoms. The van der Waals surface area contributed by atoms with Crippen molar-refractivity contribution >= 4 is 15.9 Å². The Labute approximate surface area is 108 Å². The van der Waals surface area contributed by atoms with Gasteiger partial charge in [-0.2, -0.15) is 0 Å². The Morgan fingerprint density at radius 1 is 1.29 bits per heavy atom. The van der Waals surface area contributed by atoms with Gasteiger partial charge < -0.3 is 9.15 Å². The Morgan fingerprint density at radius 3 is 2.65 bits per heavy atom. The lowest BCUT2D eigenvalue weighted by atomic mass is 10.2. The molecular formula is C12H13BrN2O2. The Hall–Kier alpha value is -1.36. The van der Waals surface area contributed by atoms with Crippen LogP contribution in [0.15, 0.2) is 27.1 Å². The summed E-state index contributed by atoms with van der Waals surface area (Å²) in [6.45, 7) is 4.02. The molecule has 0 saturated carbocycles. The van der Waals surface area contributed by atoms with E-state index in [2.05, 4.69) is 26.1 Å². The van der Waals surface area contributed by atoms with Gasteiger partial charge in [0.15, 0.2) is 0 Å². The second-order valence-corrected chi connectivity index (χ2v) is 4.86. The van der Waals surface area contributed by atoms with E-state index in [-0.39, 0.29) is 5.92 Å². The van der Waals surface area contributed by atoms with Crippen LogP contribution in [-0.4, -0.2) is 17.3 Å². The van der Waals surface area contributed by atoms with E-state index in [4.69, 9.17) is 9.15 Å². The first-order chi connectivity index (χ1) is 8.11. The second kappa shape index (κ2) is 4.87. The Morgan fingerprint density at radius 2 is 2.06 bits per heavy atom. The van der Waals surface area contributed by atoms with E-state index in [9.17, 15) is 0 Å². The van der Waals surface area contributed by atoms with Crippen LogP contribution in [0.5, 0.6) is 5.75 Å². The highest BCUT2D eigenvalue weighted by Gasteiger charge is 2.15. The van der Waals surface area contributed by atoms with E-state index in [1.807, 2.05) is 32.0 Å². The van der Waals surface area contributed by atoms with Gasteiger partial charge in [-0.05, 0) is 18.2 Å². The van der Waals surface area contributed by atoms with Crippen molar-refractivity contribution in [1.82, 2.24) is 10.2 Å². The monoisotopic (exact) mass is 296 g/mol. The van der Waals surface area contributed by atoms with Gasteiger partial charge in [0.25, 0.3) is 5.89 Å². The Bertz CT molecular complexity index is 523. The van der Waals surface area contributed by atoms with Crippen molar-refractivity contribution in [2.24, 2.45) is 0 Å². The van der Waals surface area contributed by atoms with Gasteiger partial charge >= 0.3 is 0 Å². The molecule has 0 saturated heterocycles. The molecule has 1 aromatic heterocycles. The number of ether oxygens (including phenoxy) is 1. The zero-order valence-corrected chi connectivity index (χ0v) is 11.5. The maximum atomic E-state index is 5.60. The molecule has 0 aliphatic rings. The number of hydrogen-bond donors (Lipinski definition) is 0. The Kier molecular flexibility index (Phi) is 3.47. The molecule has 0 atom stereocenters. The van der Waals surface area contributed by atoms with E-state index in [1.165, 1.54) is 0 Å². The van der Waals surface area contributed by atoms with Crippen LogP contribution in [-0.2, 0) is 0 Å². The standard InChI is InChI=1S/C12H13BrN2O2/c1-7(2)11-14-15-12(17-11)9-5-4-8(13)6-10(9)16-3/h4-7H,1-3H3. The van der Waals surface area contributed by atoms with Crippen LogP contribution in [0.2, 0.25) is 0 Å². The van der Waals surface area contributed by atoms with Crippen molar-refractivity contribution in [3.63, 3.8) is 0 Å². The number of hydrogen-bond acceptors (Lipinski definition) is 4. The third kappa shape index (κ3) is 2.49. The minimum Gasteiger partial charge on any atom is -0.496 e. The van der Waals surface area contributed by atoms with Gasteiger partial charge in [0.1, 0.15) is 5.75 Å². The summed E-state index contributed by atoms with van der Waals surface area (Å²) >= 11 is 3.39. The number of aromatic nitrogens is 2. The van der Waals surface area contributed by atoms with Crippen molar-refractivity contribution in [3.8, 4) is 17.2 Å². The van der Waals surface area contributed by atoms with E-state index >= 15 is 0 Å². The first-order valence-corrected chi connectivity index (χ1v) is 6.08. The largest absolute Gasteiger partial charge is 0.496 e. The molecular weight excluding hydrogens is 284 g/mol. The summed E-state index contributed by atoms with van der Waals surface area (Å²) < 4.78 is 11.8. The van der Waals surface area contributed by atoms with E-state index in [0.29, 0.717) is 17.5 Å². The summed E-state index contributed by atoms with van der Waals surface area (Å²) in [7, 11) is 1.62. The molecule has 0 aliphatic heterocycles. The number of methoxy groups -OCH3 is 1. The fraction of sp³-hybridized carbons (Fsp3) is 0.333. The van der Waals surface area contributed by atoms with E-state index in [0.717, 1.165) is 10.0 Å². The minimum absolute atomic E-state index is 0.220. The van der Waals surface area contributed by atoms with Crippen molar-refractivity contribution in [1.29, 1.82) is 0 Å². The molecule has 0 bridgehead atoms. The highest BCUT2D eigenvalue weighted by Crippen LogP contribution is 2.32. The number of benzene rings is 1. The number of rotatable bonds is 3. The van der Waals surface area contributed by atoms with Gasteiger partial charge in [-0.1, -0.05) is 29.8 Å². The third-order valence-corrected chi connectivity index (χ3v) is 2.82. The molecule has 2 rings (SSSR count). The number of nitrogens with zero attached hydrogens (tertiary/aromatic N) is 2. The van der Waals surface area contributed by atoms with Gasteiger partial charge in [0.2, 0.25) is 5.89 Å². The van der Waals surface area contributed by atoms with Gasteiger partial charge in [0.05, 0.1) is 12.7 Å². The maximum Gasteiger partial charge on any atom is 0.251 e. The quantitative estimate of drug-likeness (QED) is 0.868. The smallest absolute Gasteiger partial charge is 0.251 e. The third-order valence-electron chi connectivity index (χ3n) is 2.33. The van der Waals surface area contributed by atoms with Crippen molar-refractivity contribution in [2.45, 2.75) is 19.8 Å². The molecule has 0 amide bonds. The highest BCUT2D eigenvalue weighted by atomic mass is 79.9. The maximum absolute atomic E-state index is 5.60. The van der Waals surface area contributed by atoms with E-state index in [1.54, 1.807) is 7.11 Å². The SMILES string of the molecule is COc1cc(Br)ccc1-c1nnc(C(C)C)o1. The molecule has 90 valence electrons. The van der Waals surface area contributed by atoms with Crippen LogP contribution in [0, 0.1) is 0 Å². The first kappa shape index (κ1) is 12.1. The molecule has 0 fully saturated rings. The lowest BCUT2D eigenvalue weighted by molar-refractivity contribution is 0.412. The second-order valence-electron chi connectivity index (χ2n) is 3.94. The van der Waals surface area contributed by atoms with E-state index < -0.39 is 0 Å². The Balaban J connectivity index is 2.44.